The maximum absolute atomic E-state index is 13.0. The summed E-state index contributed by atoms with van der Waals surface area (Å²) in [6.07, 6.45) is 0.439. The molecule has 0 radical (unpaired) electrons. The summed E-state index contributed by atoms with van der Waals surface area (Å²) in [5.74, 6) is 0.663. The molecule has 2 atom stereocenters. The first-order valence-corrected chi connectivity index (χ1v) is 7.25. The largest absolute Gasteiger partial charge is 0.393 e. The summed E-state index contributed by atoms with van der Waals surface area (Å²) < 4.78 is 38.9. The summed E-state index contributed by atoms with van der Waals surface area (Å²) in [5.41, 5.74) is 0. The number of rotatable bonds is 4. The molecule has 2 N–H and O–H groups in total. The number of nitrogens with zero attached hydrogens (tertiary/aromatic N) is 2. The van der Waals surface area contributed by atoms with Crippen molar-refractivity contribution in [3.05, 3.63) is 11.6 Å². The highest BCUT2D eigenvalue weighted by Gasteiger charge is 2.45. The average molecular weight is 288 g/mol. The third-order valence-corrected chi connectivity index (χ3v) is 4.21. The van der Waals surface area contributed by atoms with E-state index in [9.17, 15) is 13.2 Å². The normalized spacial score (nSPS) is 27.8. The molecule has 1 aromatic rings. The highest BCUT2D eigenvalue weighted by Crippen LogP contribution is 2.38. The van der Waals surface area contributed by atoms with Crippen LogP contribution in [0.5, 0.6) is 0 Å². The van der Waals surface area contributed by atoms with Gasteiger partial charge in [0, 0.05) is 12.0 Å². The Morgan fingerprint density at radius 2 is 1.90 bits per heavy atom. The lowest BCUT2D eigenvalue weighted by Crippen LogP contribution is -2.45. The number of hydrogen-bond acceptors (Lipinski definition) is 3. The van der Waals surface area contributed by atoms with Crippen LogP contribution < -0.4 is 5.32 Å². The molecule has 0 spiro atoms. The number of aromatic nitrogens is 3. The molecular formula is C13H19F3N4. The van der Waals surface area contributed by atoms with Crippen molar-refractivity contribution < 1.29 is 13.2 Å². The summed E-state index contributed by atoms with van der Waals surface area (Å²) in [4.78, 5) is 4.33. The van der Waals surface area contributed by atoms with Crippen LogP contribution in [0, 0.1) is 5.92 Å². The van der Waals surface area contributed by atoms with Crippen molar-refractivity contribution in [1.29, 1.82) is 0 Å². The molecule has 7 heteroatoms. The van der Waals surface area contributed by atoms with Gasteiger partial charge in [-0.05, 0) is 25.7 Å². The monoisotopic (exact) mass is 288 g/mol. The van der Waals surface area contributed by atoms with E-state index >= 15 is 0 Å². The van der Waals surface area contributed by atoms with Gasteiger partial charge < -0.3 is 5.32 Å². The molecule has 20 heavy (non-hydrogen) atoms. The van der Waals surface area contributed by atoms with Crippen LogP contribution in [0.3, 0.4) is 0 Å². The number of H-pyrrole nitrogens is 1. The second-order valence-electron chi connectivity index (χ2n) is 5.83. The van der Waals surface area contributed by atoms with Gasteiger partial charge in [0.15, 0.2) is 5.82 Å². The number of alkyl halides is 3. The van der Waals surface area contributed by atoms with Crippen molar-refractivity contribution in [3.8, 4) is 0 Å². The van der Waals surface area contributed by atoms with Crippen molar-refractivity contribution in [3.63, 3.8) is 0 Å². The van der Waals surface area contributed by atoms with Gasteiger partial charge in [0.05, 0.1) is 12.5 Å². The zero-order valence-corrected chi connectivity index (χ0v) is 11.2. The molecule has 2 fully saturated rings. The van der Waals surface area contributed by atoms with Gasteiger partial charge in [0.2, 0.25) is 0 Å². The summed E-state index contributed by atoms with van der Waals surface area (Å²) in [7, 11) is 0. The van der Waals surface area contributed by atoms with E-state index in [0.29, 0.717) is 31.1 Å². The van der Waals surface area contributed by atoms with Crippen LogP contribution in [0.2, 0.25) is 0 Å². The fourth-order valence-corrected chi connectivity index (χ4v) is 2.91. The minimum Gasteiger partial charge on any atom is -0.306 e. The van der Waals surface area contributed by atoms with Crippen LogP contribution in [0.4, 0.5) is 13.2 Å². The number of halogens is 3. The van der Waals surface area contributed by atoms with Gasteiger partial charge in [-0.1, -0.05) is 12.8 Å². The van der Waals surface area contributed by atoms with E-state index in [2.05, 4.69) is 20.5 Å². The van der Waals surface area contributed by atoms with Crippen LogP contribution in [-0.4, -0.2) is 27.4 Å². The molecule has 2 aliphatic carbocycles. The number of nitrogens with one attached hydrogen (secondary N) is 2. The summed E-state index contributed by atoms with van der Waals surface area (Å²) in [6.45, 7) is 0.330. The van der Waals surface area contributed by atoms with Crippen LogP contribution >= 0.6 is 0 Å². The Morgan fingerprint density at radius 1 is 1.15 bits per heavy atom. The zero-order chi connectivity index (χ0) is 14.2. The van der Waals surface area contributed by atoms with Gasteiger partial charge in [-0.3, -0.25) is 5.10 Å². The summed E-state index contributed by atoms with van der Waals surface area (Å²) in [5, 5.41) is 9.94. The molecule has 1 heterocycles. The first kappa shape index (κ1) is 13.9. The topological polar surface area (TPSA) is 53.6 Å². The standard InChI is InChI=1S/C13H19F3N4/c14-13(15,16)9-3-1-2-4-10(9)17-7-11-18-12(20-19-11)8-5-6-8/h8-10,17H,1-7H2,(H,18,19,20)/t9-,10+/m0/s1. The third-order valence-electron chi connectivity index (χ3n) is 4.21. The number of aromatic amines is 1. The average Bonchev–Trinajstić information content (AvgIpc) is 3.15. The van der Waals surface area contributed by atoms with E-state index in [1.165, 1.54) is 0 Å². The Kier molecular flexibility index (Phi) is 3.70. The van der Waals surface area contributed by atoms with Crippen LogP contribution in [0.15, 0.2) is 0 Å². The second-order valence-corrected chi connectivity index (χ2v) is 5.83. The van der Waals surface area contributed by atoms with E-state index < -0.39 is 18.1 Å². The molecule has 2 aliphatic rings. The van der Waals surface area contributed by atoms with E-state index in [1.807, 2.05) is 0 Å². The summed E-state index contributed by atoms with van der Waals surface area (Å²) >= 11 is 0. The van der Waals surface area contributed by atoms with Gasteiger partial charge in [-0.25, -0.2) is 4.98 Å². The quantitative estimate of drug-likeness (QED) is 0.895. The predicted octanol–water partition coefficient (Wildman–Crippen LogP) is 2.89. The first-order valence-electron chi connectivity index (χ1n) is 7.25. The second kappa shape index (κ2) is 5.35. The van der Waals surface area contributed by atoms with Gasteiger partial charge in [0.1, 0.15) is 5.82 Å². The third kappa shape index (κ3) is 3.13. The van der Waals surface area contributed by atoms with Gasteiger partial charge >= 0.3 is 6.18 Å². The molecule has 0 saturated heterocycles. The lowest BCUT2D eigenvalue weighted by atomic mass is 9.84. The summed E-state index contributed by atoms with van der Waals surface area (Å²) in [6, 6.07) is -0.502. The Bertz CT molecular complexity index is 453. The van der Waals surface area contributed by atoms with E-state index in [-0.39, 0.29) is 6.42 Å². The van der Waals surface area contributed by atoms with Crippen LogP contribution in [0.25, 0.3) is 0 Å². The SMILES string of the molecule is FC(F)(F)[C@H]1CCCC[C@H]1NCc1nc(C2CC2)n[nH]1. The molecule has 0 unspecified atom stereocenters. The maximum atomic E-state index is 13.0. The van der Waals surface area contributed by atoms with Gasteiger partial charge in [-0.2, -0.15) is 18.3 Å². The Hall–Kier alpha value is -1.11. The van der Waals surface area contributed by atoms with E-state index in [1.54, 1.807) is 0 Å². The minimum atomic E-state index is -4.11. The van der Waals surface area contributed by atoms with Crippen molar-refractivity contribution in [2.75, 3.05) is 0 Å². The predicted molar refractivity (Wildman–Crippen MR) is 67.0 cm³/mol. The van der Waals surface area contributed by atoms with Gasteiger partial charge in [-0.15, -0.1) is 0 Å². The van der Waals surface area contributed by atoms with Crippen molar-refractivity contribution >= 4 is 0 Å². The van der Waals surface area contributed by atoms with Crippen LogP contribution in [0.1, 0.15) is 56.1 Å². The van der Waals surface area contributed by atoms with E-state index in [4.69, 9.17) is 0 Å². The van der Waals surface area contributed by atoms with Gasteiger partial charge in [0.25, 0.3) is 0 Å². The lowest BCUT2D eigenvalue weighted by Gasteiger charge is -2.33. The molecule has 0 aromatic carbocycles. The van der Waals surface area contributed by atoms with Crippen molar-refractivity contribution in [2.45, 2.75) is 63.2 Å². The molecular weight excluding hydrogens is 269 g/mol. The fourth-order valence-electron chi connectivity index (χ4n) is 2.91. The van der Waals surface area contributed by atoms with Crippen molar-refractivity contribution in [2.24, 2.45) is 5.92 Å². The van der Waals surface area contributed by atoms with Crippen LogP contribution in [-0.2, 0) is 6.54 Å². The Balaban J connectivity index is 1.57. The highest BCUT2D eigenvalue weighted by molar-refractivity contribution is 5.05. The molecule has 0 bridgehead atoms. The smallest absolute Gasteiger partial charge is 0.306 e. The highest BCUT2D eigenvalue weighted by atomic mass is 19.4. The molecule has 1 aromatic heterocycles. The first-order chi connectivity index (χ1) is 9.54. The Labute approximate surface area is 115 Å². The number of hydrogen-bond donors (Lipinski definition) is 2. The fraction of sp³-hybridized carbons (Fsp3) is 0.846. The molecule has 112 valence electrons. The molecule has 0 amide bonds. The maximum Gasteiger partial charge on any atom is 0.393 e. The molecule has 2 saturated carbocycles. The molecule has 0 aliphatic heterocycles. The zero-order valence-electron chi connectivity index (χ0n) is 11.2. The lowest BCUT2D eigenvalue weighted by molar-refractivity contribution is -0.189. The van der Waals surface area contributed by atoms with Crippen molar-refractivity contribution in [1.82, 2.24) is 20.5 Å². The van der Waals surface area contributed by atoms with E-state index in [0.717, 1.165) is 25.1 Å². The Morgan fingerprint density at radius 3 is 2.60 bits per heavy atom. The molecule has 3 rings (SSSR count). The minimum absolute atomic E-state index is 0.227. The molecule has 4 nitrogen and oxygen atoms in total.